The van der Waals surface area contributed by atoms with Crippen LogP contribution in [0.4, 0.5) is 14.5 Å². The number of piperazine rings is 1. The van der Waals surface area contributed by atoms with Crippen molar-refractivity contribution >= 4 is 11.6 Å². The van der Waals surface area contributed by atoms with Gasteiger partial charge in [0.05, 0.1) is 12.6 Å². The number of nitrogens with one attached hydrogen (secondary N) is 1. The Kier molecular flexibility index (Phi) is 6.57. The normalized spacial score (nSPS) is 14.6. The van der Waals surface area contributed by atoms with Gasteiger partial charge in [0.1, 0.15) is 11.6 Å². The van der Waals surface area contributed by atoms with Crippen molar-refractivity contribution in [3.63, 3.8) is 0 Å². The molecule has 0 bridgehead atoms. The van der Waals surface area contributed by atoms with Crippen molar-refractivity contribution < 1.29 is 13.6 Å². The molecule has 6 heteroatoms. The van der Waals surface area contributed by atoms with E-state index in [9.17, 15) is 13.6 Å². The Balaban J connectivity index is 1.39. The van der Waals surface area contributed by atoms with Crippen LogP contribution in [-0.4, -0.2) is 48.4 Å². The van der Waals surface area contributed by atoms with Gasteiger partial charge in [-0.15, -0.1) is 0 Å². The van der Waals surface area contributed by atoms with Gasteiger partial charge >= 0.3 is 0 Å². The summed E-state index contributed by atoms with van der Waals surface area (Å²) in [5, 5.41) is 2.82. The van der Waals surface area contributed by atoms with Crippen LogP contribution in [0, 0.1) is 11.6 Å². The maximum absolute atomic E-state index is 13.3. The number of nitrogens with zero attached hydrogens (tertiary/aromatic N) is 2. The number of benzene rings is 3. The highest BCUT2D eigenvalue weighted by Gasteiger charge is 2.27. The van der Waals surface area contributed by atoms with Gasteiger partial charge in [-0.25, -0.2) is 8.78 Å². The summed E-state index contributed by atoms with van der Waals surface area (Å²) in [6.45, 7) is 2.70. The molecule has 1 heterocycles. The third kappa shape index (κ3) is 5.27. The van der Waals surface area contributed by atoms with Crippen LogP contribution in [0.15, 0.2) is 78.9 Å². The highest BCUT2D eigenvalue weighted by Crippen LogP contribution is 2.29. The Morgan fingerprint density at radius 2 is 1.32 bits per heavy atom. The fourth-order valence-electron chi connectivity index (χ4n) is 4.06. The Labute approximate surface area is 181 Å². The minimum absolute atomic E-state index is 0.00366. The Hall–Kier alpha value is -3.25. The van der Waals surface area contributed by atoms with E-state index in [2.05, 4.69) is 34.5 Å². The van der Waals surface area contributed by atoms with Crippen LogP contribution in [0.1, 0.15) is 17.2 Å². The molecule has 0 atom stereocenters. The molecule has 0 unspecified atom stereocenters. The molecule has 1 fully saturated rings. The summed E-state index contributed by atoms with van der Waals surface area (Å²) in [4.78, 5) is 16.8. The molecular formula is C25H25F2N3O. The number of carbonyl (C=O) groups excluding carboxylic acids is 1. The fourth-order valence-corrected chi connectivity index (χ4v) is 4.06. The summed E-state index contributed by atoms with van der Waals surface area (Å²) in [6, 6.07) is 24.1. The minimum atomic E-state index is -0.670. The predicted octanol–water partition coefficient (Wildman–Crippen LogP) is 4.31. The summed E-state index contributed by atoms with van der Waals surface area (Å²) in [6.07, 6.45) is 0. The lowest BCUT2D eigenvalue weighted by atomic mass is 9.96. The van der Waals surface area contributed by atoms with Crippen LogP contribution in [-0.2, 0) is 4.79 Å². The van der Waals surface area contributed by atoms with Crippen LogP contribution in [0.5, 0.6) is 0 Å². The molecular weight excluding hydrogens is 396 g/mol. The lowest BCUT2D eigenvalue weighted by Crippen LogP contribution is -2.51. The molecule has 1 aliphatic rings. The van der Waals surface area contributed by atoms with Gasteiger partial charge in [0.2, 0.25) is 5.91 Å². The topological polar surface area (TPSA) is 35.6 Å². The smallest absolute Gasteiger partial charge is 0.241 e. The van der Waals surface area contributed by atoms with Crippen LogP contribution < -0.4 is 5.32 Å². The van der Waals surface area contributed by atoms with Crippen molar-refractivity contribution in [1.82, 2.24) is 9.80 Å². The predicted molar refractivity (Wildman–Crippen MR) is 118 cm³/mol. The molecule has 0 saturated carbocycles. The molecule has 160 valence electrons. The zero-order chi connectivity index (χ0) is 21.6. The number of hydrogen-bond acceptors (Lipinski definition) is 3. The summed E-state index contributed by atoms with van der Waals surface area (Å²) in [5.41, 5.74) is 2.71. The number of amides is 1. The third-order valence-corrected chi connectivity index (χ3v) is 5.57. The van der Waals surface area contributed by atoms with Crippen LogP contribution >= 0.6 is 0 Å². The maximum atomic E-state index is 13.3. The van der Waals surface area contributed by atoms with E-state index in [0.717, 1.165) is 19.2 Å². The quantitative estimate of drug-likeness (QED) is 0.644. The van der Waals surface area contributed by atoms with E-state index in [-0.39, 0.29) is 24.2 Å². The average molecular weight is 421 g/mol. The standard InChI is InChI=1S/C25H25F2N3O/c26-21-15-22(27)17-23(16-21)28-18-24(31)29-11-13-30(14-12-29)25(19-7-3-1-4-8-19)20-9-5-2-6-10-20/h1-10,15-17,25,28H,11-14,18H2. The molecule has 0 aliphatic carbocycles. The average Bonchev–Trinajstić information content (AvgIpc) is 2.79. The highest BCUT2D eigenvalue weighted by atomic mass is 19.1. The van der Waals surface area contributed by atoms with Gasteiger partial charge in [0.25, 0.3) is 0 Å². The SMILES string of the molecule is O=C(CNc1cc(F)cc(F)c1)N1CCN(C(c2ccccc2)c2ccccc2)CC1. The Morgan fingerprint density at radius 1 is 0.806 bits per heavy atom. The first-order chi connectivity index (χ1) is 15.1. The maximum Gasteiger partial charge on any atom is 0.241 e. The lowest BCUT2D eigenvalue weighted by molar-refractivity contribution is -0.131. The Bertz CT molecular complexity index is 946. The first-order valence-corrected chi connectivity index (χ1v) is 10.4. The largest absolute Gasteiger partial charge is 0.376 e. The molecule has 1 N–H and O–H groups in total. The molecule has 3 aromatic rings. The molecule has 4 rings (SSSR count). The fraction of sp³-hybridized carbons (Fsp3) is 0.240. The van der Waals surface area contributed by atoms with Gasteiger partial charge in [-0.2, -0.15) is 0 Å². The van der Waals surface area contributed by atoms with E-state index in [0.29, 0.717) is 13.1 Å². The van der Waals surface area contributed by atoms with Gasteiger partial charge in [0.15, 0.2) is 0 Å². The van der Waals surface area contributed by atoms with E-state index in [1.54, 1.807) is 4.90 Å². The zero-order valence-electron chi connectivity index (χ0n) is 17.2. The van der Waals surface area contributed by atoms with Gasteiger partial charge in [0, 0.05) is 37.9 Å². The van der Waals surface area contributed by atoms with Crippen molar-refractivity contribution in [3.8, 4) is 0 Å². The molecule has 3 aromatic carbocycles. The monoisotopic (exact) mass is 421 g/mol. The highest BCUT2D eigenvalue weighted by molar-refractivity contribution is 5.81. The summed E-state index contributed by atoms with van der Waals surface area (Å²) < 4.78 is 26.6. The summed E-state index contributed by atoms with van der Waals surface area (Å²) in [5.74, 6) is -1.42. The van der Waals surface area contributed by atoms with E-state index in [1.165, 1.54) is 23.3 Å². The first-order valence-electron chi connectivity index (χ1n) is 10.4. The van der Waals surface area contributed by atoms with Crippen molar-refractivity contribution in [2.45, 2.75) is 6.04 Å². The number of hydrogen-bond donors (Lipinski definition) is 1. The molecule has 1 aliphatic heterocycles. The first kappa shape index (κ1) is 21.0. The van der Waals surface area contributed by atoms with E-state index in [1.807, 2.05) is 36.4 Å². The van der Waals surface area contributed by atoms with E-state index >= 15 is 0 Å². The van der Waals surface area contributed by atoms with Crippen LogP contribution in [0.25, 0.3) is 0 Å². The summed E-state index contributed by atoms with van der Waals surface area (Å²) in [7, 11) is 0. The lowest BCUT2D eigenvalue weighted by Gasteiger charge is -2.39. The van der Waals surface area contributed by atoms with Gasteiger partial charge in [-0.05, 0) is 23.3 Å². The number of carbonyl (C=O) groups is 1. The number of rotatable bonds is 6. The van der Waals surface area contributed by atoms with Crippen molar-refractivity contribution in [2.24, 2.45) is 0 Å². The van der Waals surface area contributed by atoms with Gasteiger partial charge in [-0.1, -0.05) is 60.7 Å². The van der Waals surface area contributed by atoms with Crippen molar-refractivity contribution in [3.05, 3.63) is 102 Å². The molecule has 0 radical (unpaired) electrons. The van der Waals surface area contributed by atoms with Crippen molar-refractivity contribution in [1.29, 1.82) is 0 Å². The molecule has 1 saturated heterocycles. The van der Waals surface area contributed by atoms with Gasteiger partial charge in [-0.3, -0.25) is 9.69 Å². The van der Waals surface area contributed by atoms with Gasteiger partial charge < -0.3 is 10.2 Å². The van der Waals surface area contributed by atoms with E-state index in [4.69, 9.17) is 0 Å². The van der Waals surface area contributed by atoms with Crippen molar-refractivity contribution in [2.75, 3.05) is 38.0 Å². The third-order valence-electron chi connectivity index (χ3n) is 5.57. The molecule has 0 spiro atoms. The number of halogens is 2. The second-order valence-corrected chi connectivity index (χ2v) is 7.65. The molecule has 1 amide bonds. The minimum Gasteiger partial charge on any atom is -0.376 e. The molecule has 0 aromatic heterocycles. The second kappa shape index (κ2) is 9.71. The second-order valence-electron chi connectivity index (χ2n) is 7.65. The number of anilines is 1. The molecule has 4 nitrogen and oxygen atoms in total. The molecule has 31 heavy (non-hydrogen) atoms. The van der Waals surface area contributed by atoms with E-state index < -0.39 is 11.6 Å². The Morgan fingerprint density at radius 3 is 1.84 bits per heavy atom. The van der Waals surface area contributed by atoms with Crippen LogP contribution in [0.3, 0.4) is 0 Å². The van der Waals surface area contributed by atoms with Crippen LogP contribution in [0.2, 0.25) is 0 Å². The summed E-state index contributed by atoms with van der Waals surface area (Å²) >= 11 is 0. The zero-order valence-corrected chi connectivity index (χ0v) is 17.2.